The molecule has 4 nitrogen and oxygen atoms in total. The van der Waals surface area contributed by atoms with Gasteiger partial charge in [-0.1, -0.05) is 40.6 Å². The number of aromatic nitrogens is 2. The third-order valence-electron chi connectivity index (χ3n) is 3.08. The van der Waals surface area contributed by atoms with E-state index in [4.69, 9.17) is 23.2 Å². The first kappa shape index (κ1) is 15.9. The van der Waals surface area contributed by atoms with Crippen LogP contribution in [0.2, 0.25) is 10.0 Å². The molecule has 0 saturated heterocycles. The molecular weight excluding hydrogens is 353 g/mol. The molecular formula is C16H11Cl2N3OS. The summed E-state index contributed by atoms with van der Waals surface area (Å²) in [6.07, 6.45) is 5.06. The number of rotatable bonds is 5. The van der Waals surface area contributed by atoms with Gasteiger partial charge in [0.1, 0.15) is 0 Å². The average Bonchev–Trinajstić information content (AvgIpc) is 3.05. The number of nitrogens with one attached hydrogen (secondary N) is 1. The van der Waals surface area contributed by atoms with Crippen LogP contribution in [0.4, 0.5) is 5.13 Å². The molecule has 1 aromatic carbocycles. The highest BCUT2D eigenvalue weighted by Crippen LogP contribution is 2.26. The molecule has 0 unspecified atom stereocenters. The summed E-state index contributed by atoms with van der Waals surface area (Å²) in [5.41, 5.74) is 1.53. The monoisotopic (exact) mass is 363 g/mol. The van der Waals surface area contributed by atoms with E-state index >= 15 is 0 Å². The van der Waals surface area contributed by atoms with Gasteiger partial charge in [0.05, 0.1) is 21.1 Å². The third-order valence-corrected chi connectivity index (χ3v) is 4.77. The summed E-state index contributed by atoms with van der Waals surface area (Å²) >= 11 is 13.1. The van der Waals surface area contributed by atoms with Crippen molar-refractivity contribution in [2.45, 2.75) is 6.54 Å². The smallest absolute Gasteiger partial charge is 0.204 e. The van der Waals surface area contributed by atoms with Crippen molar-refractivity contribution >= 4 is 45.5 Å². The van der Waals surface area contributed by atoms with E-state index in [0.717, 1.165) is 5.56 Å². The first-order valence-corrected chi connectivity index (χ1v) is 8.29. The van der Waals surface area contributed by atoms with E-state index < -0.39 is 0 Å². The molecule has 0 aliphatic heterocycles. The van der Waals surface area contributed by atoms with Gasteiger partial charge >= 0.3 is 0 Å². The summed E-state index contributed by atoms with van der Waals surface area (Å²) in [5, 5.41) is 4.64. The summed E-state index contributed by atoms with van der Waals surface area (Å²) < 4.78 is 0. The van der Waals surface area contributed by atoms with E-state index in [2.05, 4.69) is 15.3 Å². The van der Waals surface area contributed by atoms with Crippen LogP contribution in [0.1, 0.15) is 20.8 Å². The molecule has 0 amide bonds. The second-order valence-electron chi connectivity index (χ2n) is 4.70. The summed E-state index contributed by atoms with van der Waals surface area (Å²) in [6, 6.07) is 8.67. The maximum atomic E-state index is 12.4. The molecule has 2 aromatic heterocycles. The minimum Gasteiger partial charge on any atom is -0.357 e. The van der Waals surface area contributed by atoms with E-state index in [-0.39, 0.29) is 5.78 Å². The molecule has 3 aromatic rings. The third kappa shape index (κ3) is 3.88. The Balaban J connectivity index is 1.71. The number of ketones is 1. The van der Waals surface area contributed by atoms with Gasteiger partial charge in [-0.15, -0.1) is 0 Å². The predicted molar refractivity (Wildman–Crippen MR) is 93.6 cm³/mol. The normalized spacial score (nSPS) is 10.5. The molecule has 23 heavy (non-hydrogen) atoms. The molecule has 0 aliphatic carbocycles. The van der Waals surface area contributed by atoms with Crippen LogP contribution in [-0.2, 0) is 6.54 Å². The molecule has 3 rings (SSSR count). The lowest BCUT2D eigenvalue weighted by molar-refractivity contribution is 0.104. The maximum Gasteiger partial charge on any atom is 0.204 e. The SMILES string of the molecule is O=C(c1ccc(Cl)c(Cl)c1)c1cnc(NCc2cccnc2)s1. The highest BCUT2D eigenvalue weighted by atomic mass is 35.5. The van der Waals surface area contributed by atoms with Gasteiger partial charge in [0, 0.05) is 24.5 Å². The molecule has 0 fully saturated rings. The van der Waals surface area contributed by atoms with Crippen LogP contribution in [-0.4, -0.2) is 15.8 Å². The van der Waals surface area contributed by atoms with Crippen molar-refractivity contribution in [1.29, 1.82) is 0 Å². The molecule has 116 valence electrons. The van der Waals surface area contributed by atoms with Crippen molar-refractivity contribution in [1.82, 2.24) is 9.97 Å². The number of carbonyl (C=O) groups excluding carboxylic acids is 1. The second-order valence-corrected chi connectivity index (χ2v) is 6.55. The molecule has 0 bridgehead atoms. The number of pyridine rings is 1. The second kappa shape index (κ2) is 7.08. The van der Waals surface area contributed by atoms with Crippen molar-refractivity contribution in [3.63, 3.8) is 0 Å². The summed E-state index contributed by atoms with van der Waals surface area (Å²) in [4.78, 5) is 21.2. The van der Waals surface area contributed by atoms with Crippen molar-refractivity contribution < 1.29 is 4.79 Å². The van der Waals surface area contributed by atoms with Gasteiger partial charge in [-0.25, -0.2) is 4.98 Å². The fourth-order valence-corrected chi connectivity index (χ4v) is 2.99. The van der Waals surface area contributed by atoms with Gasteiger partial charge in [-0.2, -0.15) is 0 Å². The lowest BCUT2D eigenvalue weighted by atomic mass is 10.1. The summed E-state index contributed by atoms with van der Waals surface area (Å²) in [7, 11) is 0. The number of halogens is 2. The Bertz CT molecular complexity index is 836. The Hall–Kier alpha value is -1.95. The Morgan fingerprint density at radius 1 is 1.17 bits per heavy atom. The molecule has 7 heteroatoms. The molecule has 2 heterocycles. The Labute approximate surface area is 147 Å². The predicted octanol–water partition coefficient (Wildman–Crippen LogP) is 4.69. The van der Waals surface area contributed by atoms with Crippen LogP contribution < -0.4 is 5.32 Å². The Kier molecular flexibility index (Phi) is 4.91. The van der Waals surface area contributed by atoms with E-state index in [9.17, 15) is 4.79 Å². The number of hydrogen-bond acceptors (Lipinski definition) is 5. The molecule has 0 radical (unpaired) electrons. The fourth-order valence-electron chi connectivity index (χ4n) is 1.92. The minimum absolute atomic E-state index is 0.129. The lowest BCUT2D eigenvalue weighted by Gasteiger charge is -2.02. The van der Waals surface area contributed by atoms with E-state index in [1.807, 2.05) is 12.1 Å². The van der Waals surface area contributed by atoms with Gasteiger partial charge in [-0.3, -0.25) is 9.78 Å². The van der Waals surface area contributed by atoms with Gasteiger partial charge in [0.25, 0.3) is 0 Å². The minimum atomic E-state index is -0.129. The number of anilines is 1. The van der Waals surface area contributed by atoms with Crippen molar-refractivity contribution in [2.24, 2.45) is 0 Å². The molecule has 0 atom stereocenters. The van der Waals surface area contributed by atoms with Gasteiger partial charge in [0.2, 0.25) is 5.78 Å². The number of benzene rings is 1. The first-order valence-electron chi connectivity index (χ1n) is 6.72. The standard InChI is InChI=1S/C16H11Cl2N3OS/c17-12-4-3-11(6-13(12)18)15(22)14-9-21-16(23-14)20-8-10-2-1-5-19-7-10/h1-7,9H,8H2,(H,20,21). The van der Waals surface area contributed by atoms with E-state index in [1.165, 1.54) is 11.3 Å². The van der Waals surface area contributed by atoms with Gasteiger partial charge in [-0.05, 0) is 29.8 Å². The largest absolute Gasteiger partial charge is 0.357 e. The molecule has 0 saturated carbocycles. The zero-order chi connectivity index (χ0) is 16.2. The number of carbonyl (C=O) groups is 1. The quantitative estimate of drug-likeness (QED) is 0.668. The molecule has 0 aliphatic rings. The van der Waals surface area contributed by atoms with Crippen molar-refractivity contribution in [3.8, 4) is 0 Å². The van der Waals surface area contributed by atoms with Crippen LogP contribution in [0.25, 0.3) is 0 Å². The lowest BCUT2D eigenvalue weighted by Crippen LogP contribution is -1.99. The Morgan fingerprint density at radius 3 is 2.78 bits per heavy atom. The van der Waals surface area contributed by atoms with Crippen molar-refractivity contribution in [3.05, 3.63) is 75.0 Å². The van der Waals surface area contributed by atoms with E-state index in [0.29, 0.717) is 32.2 Å². The number of nitrogens with zero attached hydrogens (tertiary/aromatic N) is 2. The van der Waals surface area contributed by atoms with Crippen LogP contribution in [0.5, 0.6) is 0 Å². The number of thiazole rings is 1. The van der Waals surface area contributed by atoms with Gasteiger partial charge < -0.3 is 5.32 Å². The highest BCUT2D eigenvalue weighted by Gasteiger charge is 2.14. The average molecular weight is 364 g/mol. The first-order chi connectivity index (χ1) is 11.1. The van der Waals surface area contributed by atoms with Gasteiger partial charge in [0.15, 0.2) is 5.13 Å². The molecule has 1 N–H and O–H groups in total. The maximum absolute atomic E-state index is 12.4. The van der Waals surface area contributed by atoms with Crippen LogP contribution >= 0.6 is 34.5 Å². The summed E-state index contributed by atoms with van der Waals surface area (Å²) in [5.74, 6) is -0.129. The molecule has 0 spiro atoms. The summed E-state index contributed by atoms with van der Waals surface area (Å²) in [6.45, 7) is 0.599. The van der Waals surface area contributed by atoms with Crippen molar-refractivity contribution in [2.75, 3.05) is 5.32 Å². The van der Waals surface area contributed by atoms with Crippen LogP contribution in [0.3, 0.4) is 0 Å². The topological polar surface area (TPSA) is 54.9 Å². The number of hydrogen-bond donors (Lipinski definition) is 1. The van der Waals surface area contributed by atoms with E-state index in [1.54, 1.807) is 36.8 Å². The van der Waals surface area contributed by atoms with Crippen LogP contribution in [0, 0.1) is 0 Å². The fraction of sp³-hybridized carbons (Fsp3) is 0.0625. The Morgan fingerprint density at radius 2 is 2.04 bits per heavy atom. The zero-order valence-electron chi connectivity index (χ0n) is 11.8. The highest BCUT2D eigenvalue weighted by molar-refractivity contribution is 7.17. The van der Waals surface area contributed by atoms with Crippen LogP contribution in [0.15, 0.2) is 48.9 Å². The zero-order valence-corrected chi connectivity index (χ0v) is 14.1.